The van der Waals surface area contributed by atoms with Crippen LogP contribution in [0, 0.1) is 6.92 Å². The molecule has 0 aliphatic rings. The molecule has 78 valence electrons. The van der Waals surface area contributed by atoms with Crippen molar-refractivity contribution in [3.8, 4) is 0 Å². The fourth-order valence-corrected chi connectivity index (χ4v) is 2.75. The van der Waals surface area contributed by atoms with Gasteiger partial charge in [-0.2, -0.15) is 0 Å². The molecule has 0 amide bonds. The summed E-state index contributed by atoms with van der Waals surface area (Å²) in [4.78, 5) is 0. The molecular weight excluding hydrogens is 216 g/mol. The Hall–Kier alpha value is -0.420. The zero-order valence-electron chi connectivity index (χ0n) is 8.83. The lowest BCUT2D eigenvalue weighted by Crippen LogP contribution is -2.04. The minimum Gasteiger partial charge on any atom is -0.253 e. The second-order valence-electron chi connectivity index (χ2n) is 2.93. The third-order valence-electron chi connectivity index (χ3n) is 2.08. The van der Waals surface area contributed by atoms with Gasteiger partial charge in [-0.1, -0.05) is 6.92 Å². The summed E-state index contributed by atoms with van der Waals surface area (Å²) >= 11 is 1.58. The van der Waals surface area contributed by atoms with Gasteiger partial charge >= 0.3 is 0 Å². The van der Waals surface area contributed by atoms with Crippen LogP contribution in [0.4, 0.5) is 0 Å². The Morgan fingerprint density at radius 3 is 2.50 bits per heavy atom. The summed E-state index contributed by atoms with van der Waals surface area (Å²) in [6.07, 6.45) is 4.52. The molecular formula is C9H14N2OS2. The standard InChI is InChI=1S/C9H14N2OS2/c1-5-7-6(2)9(14(4)12)11-10-8(7)13-3/h5H2,1-4H3. The van der Waals surface area contributed by atoms with Crippen molar-refractivity contribution in [3.05, 3.63) is 11.1 Å². The van der Waals surface area contributed by atoms with Crippen LogP contribution in [0.25, 0.3) is 0 Å². The van der Waals surface area contributed by atoms with E-state index in [9.17, 15) is 4.21 Å². The summed E-state index contributed by atoms with van der Waals surface area (Å²) in [6, 6.07) is 0. The van der Waals surface area contributed by atoms with E-state index in [1.54, 1.807) is 18.0 Å². The maximum Gasteiger partial charge on any atom is 0.152 e. The van der Waals surface area contributed by atoms with Crippen molar-refractivity contribution in [2.75, 3.05) is 12.5 Å². The first kappa shape index (κ1) is 11.7. The maximum absolute atomic E-state index is 11.3. The van der Waals surface area contributed by atoms with Crippen LogP contribution in [0.1, 0.15) is 18.1 Å². The van der Waals surface area contributed by atoms with Crippen LogP contribution < -0.4 is 0 Å². The van der Waals surface area contributed by atoms with E-state index in [4.69, 9.17) is 0 Å². The van der Waals surface area contributed by atoms with Crippen LogP contribution >= 0.6 is 11.8 Å². The summed E-state index contributed by atoms with van der Waals surface area (Å²) in [7, 11) is -1.05. The third kappa shape index (κ3) is 2.15. The van der Waals surface area contributed by atoms with Gasteiger partial charge in [-0.25, -0.2) is 0 Å². The van der Waals surface area contributed by atoms with Gasteiger partial charge < -0.3 is 0 Å². The lowest BCUT2D eigenvalue weighted by atomic mass is 10.1. The van der Waals surface area contributed by atoms with Crippen molar-refractivity contribution < 1.29 is 4.21 Å². The van der Waals surface area contributed by atoms with Gasteiger partial charge in [-0.05, 0) is 30.7 Å². The van der Waals surface area contributed by atoms with Gasteiger partial charge in [0.05, 0.1) is 10.8 Å². The molecule has 0 fully saturated rings. The van der Waals surface area contributed by atoms with Gasteiger partial charge in [0.15, 0.2) is 5.03 Å². The van der Waals surface area contributed by atoms with E-state index in [0.29, 0.717) is 5.03 Å². The highest BCUT2D eigenvalue weighted by molar-refractivity contribution is 7.98. The molecule has 0 aliphatic heterocycles. The Bertz CT molecular complexity index is 366. The van der Waals surface area contributed by atoms with Crippen LogP contribution in [-0.2, 0) is 17.2 Å². The minimum atomic E-state index is -1.05. The summed E-state index contributed by atoms with van der Waals surface area (Å²) in [5.74, 6) is 0. The molecule has 0 spiro atoms. The molecule has 0 bridgehead atoms. The number of rotatable bonds is 3. The first-order valence-electron chi connectivity index (χ1n) is 4.35. The number of nitrogens with zero attached hydrogens (tertiary/aromatic N) is 2. The summed E-state index contributed by atoms with van der Waals surface area (Å²) < 4.78 is 11.3. The van der Waals surface area contributed by atoms with Crippen LogP contribution in [0.15, 0.2) is 10.1 Å². The molecule has 14 heavy (non-hydrogen) atoms. The molecule has 3 nitrogen and oxygen atoms in total. The van der Waals surface area contributed by atoms with Crippen LogP contribution in [0.3, 0.4) is 0 Å². The second kappa shape index (κ2) is 4.89. The smallest absolute Gasteiger partial charge is 0.152 e. The molecule has 1 heterocycles. The molecule has 0 aromatic carbocycles. The van der Waals surface area contributed by atoms with Crippen molar-refractivity contribution in [2.24, 2.45) is 0 Å². The highest BCUT2D eigenvalue weighted by atomic mass is 32.2. The Morgan fingerprint density at radius 2 is 2.07 bits per heavy atom. The van der Waals surface area contributed by atoms with Gasteiger partial charge in [0.1, 0.15) is 5.03 Å². The Labute approximate surface area is 91.2 Å². The average Bonchev–Trinajstić information content (AvgIpc) is 2.16. The fourth-order valence-electron chi connectivity index (χ4n) is 1.37. The minimum absolute atomic E-state index is 0.611. The number of hydrogen-bond donors (Lipinski definition) is 0. The van der Waals surface area contributed by atoms with Crippen LogP contribution in [0.2, 0.25) is 0 Å². The molecule has 1 rings (SSSR count). The average molecular weight is 230 g/mol. The van der Waals surface area contributed by atoms with Crippen LogP contribution in [-0.4, -0.2) is 26.9 Å². The van der Waals surface area contributed by atoms with Gasteiger partial charge in [0.2, 0.25) is 0 Å². The van der Waals surface area contributed by atoms with Crippen molar-refractivity contribution in [1.29, 1.82) is 0 Å². The van der Waals surface area contributed by atoms with Gasteiger partial charge in [0, 0.05) is 6.26 Å². The normalized spacial score (nSPS) is 12.9. The van der Waals surface area contributed by atoms with E-state index in [1.165, 1.54) is 0 Å². The molecule has 0 radical (unpaired) electrons. The molecule has 0 N–H and O–H groups in total. The first-order chi connectivity index (χ1) is 6.61. The lowest BCUT2D eigenvalue weighted by Gasteiger charge is -2.09. The highest BCUT2D eigenvalue weighted by Crippen LogP contribution is 2.23. The van der Waals surface area contributed by atoms with E-state index >= 15 is 0 Å². The zero-order valence-corrected chi connectivity index (χ0v) is 10.5. The summed E-state index contributed by atoms with van der Waals surface area (Å²) in [5, 5.41) is 9.61. The molecule has 1 atom stereocenters. The van der Waals surface area contributed by atoms with Crippen molar-refractivity contribution in [1.82, 2.24) is 10.2 Å². The van der Waals surface area contributed by atoms with Gasteiger partial charge in [-0.3, -0.25) is 4.21 Å². The fraction of sp³-hybridized carbons (Fsp3) is 0.556. The van der Waals surface area contributed by atoms with Crippen molar-refractivity contribution in [2.45, 2.75) is 30.3 Å². The predicted octanol–water partition coefficient (Wildman–Crippen LogP) is 1.81. The van der Waals surface area contributed by atoms with E-state index in [1.807, 2.05) is 13.2 Å². The molecule has 1 unspecified atom stereocenters. The van der Waals surface area contributed by atoms with E-state index in [-0.39, 0.29) is 0 Å². The number of aromatic nitrogens is 2. The monoisotopic (exact) mass is 230 g/mol. The topological polar surface area (TPSA) is 42.9 Å². The quantitative estimate of drug-likeness (QED) is 0.743. The van der Waals surface area contributed by atoms with E-state index in [0.717, 1.165) is 22.6 Å². The van der Waals surface area contributed by atoms with Crippen molar-refractivity contribution in [3.63, 3.8) is 0 Å². The largest absolute Gasteiger partial charge is 0.253 e. The summed E-state index contributed by atoms with van der Waals surface area (Å²) in [6.45, 7) is 4.04. The highest BCUT2D eigenvalue weighted by Gasteiger charge is 2.12. The molecule has 0 saturated carbocycles. The summed E-state index contributed by atoms with van der Waals surface area (Å²) in [5.41, 5.74) is 2.19. The Balaban J connectivity index is 3.34. The second-order valence-corrected chi connectivity index (χ2v) is 5.02. The molecule has 1 aromatic rings. The molecule has 0 saturated heterocycles. The van der Waals surface area contributed by atoms with Crippen LogP contribution in [0.5, 0.6) is 0 Å². The predicted molar refractivity (Wildman–Crippen MR) is 60.3 cm³/mol. The molecule has 0 aliphatic carbocycles. The van der Waals surface area contributed by atoms with E-state index < -0.39 is 10.8 Å². The molecule has 5 heteroatoms. The maximum atomic E-state index is 11.3. The SMILES string of the molecule is CCc1c(SC)nnc(S(C)=O)c1C. The number of hydrogen-bond acceptors (Lipinski definition) is 4. The molecule has 1 aromatic heterocycles. The van der Waals surface area contributed by atoms with Gasteiger partial charge in [0.25, 0.3) is 0 Å². The Morgan fingerprint density at radius 1 is 1.43 bits per heavy atom. The van der Waals surface area contributed by atoms with E-state index in [2.05, 4.69) is 17.1 Å². The Kier molecular flexibility index (Phi) is 4.07. The lowest BCUT2D eigenvalue weighted by molar-refractivity contribution is 0.677. The third-order valence-corrected chi connectivity index (χ3v) is 3.73. The zero-order chi connectivity index (χ0) is 10.7. The van der Waals surface area contributed by atoms with Crippen molar-refractivity contribution >= 4 is 22.6 Å². The first-order valence-corrected chi connectivity index (χ1v) is 7.13. The van der Waals surface area contributed by atoms with Gasteiger partial charge in [-0.15, -0.1) is 22.0 Å². The number of thioether (sulfide) groups is 1.